The highest BCUT2D eigenvalue weighted by atomic mass is 32.2. The summed E-state index contributed by atoms with van der Waals surface area (Å²) in [4.78, 5) is 17.4. The Balaban J connectivity index is 1.87. The first-order valence-electron chi connectivity index (χ1n) is 8.38. The Morgan fingerprint density at radius 2 is 1.93 bits per heavy atom. The summed E-state index contributed by atoms with van der Waals surface area (Å²) in [5.41, 5.74) is 1.46. The molecule has 0 unspecified atom stereocenters. The molecule has 0 aliphatic carbocycles. The zero-order valence-corrected chi connectivity index (χ0v) is 16.1. The van der Waals surface area contributed by atoms with Crippen molar-refractivity contribution in [1.29, 1.82) is 0 Å². The summed E-state index contributed by atoms with van der Waals surface area (Å²) in [5, 5.41) is 3.29. The number of ether oxygens (including phenoxy) is 3. The third kappa shape index (κ3) is 4.43. The number of nitrogens with one attached hydrogen (secondary N) is 1. The summed E-state index contributed by atoms with van der Waals surface area (Å²) in [6, 6.07) is 12.9. The van der Waals surface area contributed by atoms with Crippen molar-refractivity contribution in [2.24, 2.45) is 4.99 Å². The fourth-order valence-corrected chi connectivity index (χ4v) is 3.32. The van der Waals surface area contributed by atoms with Gasteiger partial charge in [-0.15, -0.1) is 0 Å². The van der Waals surface area contributed by atoms with E-state index in [1.165, 1.54) is 11.8 Å². The van der Waals surface area contributed by atoms with Crippen LogP contribution in [-0.4, -0.2) is 31.9 Å². The molecule has 1 aliphatic rings. The van der Waals surface area contributed by atoms with Crippen molar-refractivity contribution in [1.82, 2.24) is 5.32 Å². The Morgan fingerprint density at radius 1 is 1.11 bits per heavy atom. The van der Waals surface area contributed by atoms with Gasteiger partial charge in [-0.2, -0.15) is 0 Å². The van der Waals surface area contributed by atoms with Crippen molar-refractivity contribution < 1.29 is 19.0 Å². The van der Waals surface area contributed by atoms with Gasteiger partial charge in [-0.05, 0) is 49.0 Å². The van der Waals surface area contributed by atoms with Crippen LogP contribution >= 0.6 is 11.8 Å². The lowest BCUT2D eigenvalue weighted by Gasteiger charge is -2.07. The normalized spacial score (nSPS) is 16.5. The molecule has 2 aromatic rings. The largest absolute Gasteiger partial charge is 0.497 e. The predicted molar refractivity (Wildman–Crippen MR) is 108 cm³/mol. The molecule has 1 saturated heterocycles. The first kappa shape index (κ1) is 18.8. The number of carbonyl (C=O) groups is 1. The minimum Gasteiger partial charge on any atom is -0.497 e. The summed E-state index contributed by atoms with van der Waals surface area (Å²) in [6.45, 7) is 2.46. The van der Waals surface area contributed by atoms with Crippen LogP contribution < -0.4 is 19.5 Å². The second-order valence-electron chi connectivity index (χ2n) is 5.49. The molecule has 1 heterocycles. The zero-order chi connectivity index (χ0) is 19.2. The molecule has 2 aromatic carbocycles. The van der Waals surface area contributed by atoms with E-state index in [0.29, 0.717) is 39.6 Å². The summed E-state index contributed by atoms with van der Waals surface area (Å²) in [6.07, 6.45) is 1.77. The second-order valence-corrected chi connectivity index (χ2v) is 6.52. The minimum absolute atomic E-state index is 0.203. The van der Waals surface area contributed by atoms with Crippen LogP contribution in [0.5, 0.6) is 17.2 Å². The molecule has 1 aliphatic heterocycles. The van der Waals surface area contributed by atoms with Gasteiger partial charge in [-0.3, -0.25) is 4.79 Å². The van der Waals surface area contributed by atoms with Gasteiger partial charge in [-0.1, -0.05) is 12.1 Å². The number of benzene rings is 2. The van der Waals surface area contributed by atoms with Crippen LogP contribution in [0, 0.1) is 0 Å². The Bertz CT molecular complexity index is 909. The van der Waals surface area contributed by atoms with Crippen molar-refractivity contribution in [3.8, 4) is 17.2 Å². The maximum atomic E-state index is 12.3. The number of hydrogen-bond acceptors (Lipinski definition) is 6. The smallest absolute Gasteiger partial charge is 0.264 e. The van der Waals surface area contributed by atoms with Gasteiger partial charge in [0.2, 0.25) is 0 Å². The highest BCUT2D eigenvalue weighted by Crippen LogP contribution is 2.34. The van der Waals surface area contributed by atoms with Crippen LogP contribution in [0.1, 0.15) is 12.5 Å². The van der Waals surface area contributed by atoms with Crippen LogP contribution in [0.4, 0.5) is 5.69 Å². The van der Waals surface area contributed by atoms with E-state index in [9.17, 15) is 4.79 Å². The number of amides is 1. The van der Waals surface area contributed by atoms with Crippen LogP contribution in [0.3, 0.4) is 0 Å². The summed E-state index contributed by atoms with van der Waals surface area (Å²) < 4.78 is 16.2. The van der Waals surface area contributed by atoms with Crippen LogP contribution in [-0.2, 0) is 4.79 Å². The molecular weight excluding hydrogens is 364 g/mol. The lowest BCUT2D eigenvalue weighted by molar-refractivity contribution is -0.115. The van der Waals surface area contributed by atoms with Gasteiger partial charge in [0.25, 0.3) is 5.91 Å². The number of thioether (sulfide) groups is 1. The van der Waals surface area contributed by atoms with Gasteiger partial charge in [0.05, 0.1) is 25.7 Å². The van der Waals surface area contributed by atoms with Crippen molar-refractivity contribution in [2.75, 3.05) is 20.8 Å². The van der Waals surface area contributed by atoms with E-state index >= 15 is 0 Å². The van der Waals surface area contributed by atoms with E-state index in [2.05, 4.69) is 10.3 Å². The molecule has 1 N–H and O–H groups in total. The van der Waals surface area contributed by atoms with Crippen LogP contribution in [0.2, 0.25) is 0 Å². The fraction of sp³-hybridized carbons (Fsp3) is 0.200. The summed E-state index contributed by atoms with van der Waals surface area (Å²) in [7, 11) is 3.17. The van der Waals surface area contributed by atoms with Gasteiger partial charge < -0.3 is 19.5 Å². The molecule has 6 nitrogen and oxygen atoms in total. The topological polar surface area (TPSA) is 69.2 Å². The third-order valence-electron chi connectivity index (χ3n) is 3.77. The van der Waals surface area contributed by atoms with E-state index in [1.807, 2.05) is 43.3 Å². The molecule has 3 rings (SSSR count). The lowest BCUT2D eigenvalue weighted by Crippen LogP contribution is -2.19. The van der Waals surface area contributed by atoms with Gasteiger partial charge in [0.1, 0.15) is 22.9 Å². The molecule has 1 amide bonds. The average Bonchev–Trinajstić information content (AvgIpc) is 3.02. The molecule has 140 valence electrons. The predicted octanol–water partition coefficient (Wildman–Crippen LogP) is 3.99. The van der Waals surface area contributed by atoms with Gasteiger partial charge in [-0.25, -0.2) is 4.99 Å². The van der Waals surface area contributed by atoms with Crippen molar-refractivity contribution in [3.05, 3.63) is 52.9 Å². The van der Waals surface area contributed by atoms with E-state index in [1.54, 1.807) is 26.4 Å². The first-order chi connectivity index (χ1) is 13.1. The van der Waals surface area contributed by atoms with E-state index in [-0.39, 0.29) is 5.91 Å². The van der Waals surface area contributed by atoms with E-state index < -0.39 is 0 Å². The van der Waals surface area contributed by atoms with Crippen molar-refractivity contribution in [3.63, 3.8) is 0 Å². The summed E-state index contributed by atoms with van der Waals surface area (Å²) in [5.74, 6) is 1.79. The highest BCUT2D eigenvalue weighted by molar-refractivity contribution is 8.18. The van der Waals surface area contributed by atoms with E-state index in [4.69, 9.17) is 14.2 Å². The number of amidine groups is 1. The third-order valence-corrected chi connectivity index (χ3v) is 4.68. The van der Waals surface area contributed by atoms with E-state index in [0.717, 1.165) is 5.56 Å². The molecule has 7 heteroatoms. The SMILES string of the molecule is CCOc1ccccc1N=C1NC(=O)/C(=C/c2ccc(OC)cc2OC)S1. The minimum atomic E-state index is -0.203. The Hall–Kier alpha value is -2.93. The molecule has 0 radical (unpaired) electrons. The number of methoxy groups -OCH3 is 2. The number of hydrogen-bond donors (Lipinski definition) is 1. The lowest BCUT2D eigenvalue weighted by atomic mass is 10.1. The zero-order valence-electron chi connectivity index (χ0n) is 15.3. The van der Waals surface area contributed by atoms with Crippen molar-refractivity contribution >= 4 is 34.6 Å². The molecule has 1 fully saturated rings. The maximum absolute atomic E-state index is 12.3. The molecule has 0 aromatic heterocycles. The van der Waals surface area contributed by atoms with Crippen LogP contribution in [0.25, 0.3) is 6.08 Å². The fourth-order valence-electron chi connectivity index (χ4n) is 2.50. The molecular formula is C20H20N2O4S. The standard InChI is InChI=1S/C20H20N2O4S/c1-4-26-16-8-6-5-7-15(16)21-20-22-19(23)18(27-20)11-13-9-10-14(24-2)12-17(13)25-3/h5-12H,4H2,1-3H3,(H,21,22,23)/b18-11-. The number of nitrogens with zero attached hydrogens (tertiary/aromatic N) is 1. The second kappa shape index (κ2) is 8.64. The monoisotopic (exact) mass is 384 g/mol. The Labute approximate surface area is 162 Å². The molecule has 0 bridgehead atoms. The molecule has 0 saturated carbocycles. The van der Waals surface area contributed by atoms with Gasteiger partial charge >= 0.3 is 0 Å². The molecule has 0 atom stereocenters. The number of carbonyl (C=O) groups excluding carboxylic acids is 1. The average molecular weight is 384 g/mol. The van der Waals surface area contributed by atoms with Gasteiger partial charge in [0.15, 0.2) is 5.17 Å². The van der Waals surface area contributed by atoms with Gasteiger partial charge in [0, 0.05) is 11.6 Å². The molecule has 27 heavy (non-hydrogen) atoms. The quantitative estimate of drug-likeness (QED) is 0.763. The number of aliphatic imine (C=N–C) groups is 1. The number of rotatable bonds is 6. The first-order valence-corrected chi connectivity index (χ1v) is 9.19. The Morgan fingerprint density at radius 3 is 2.67 bits per heavy atom. The highest BCUT2D eigenvalue weighted by Gasteiger charge is 2.24. The van der Waals surface area contributed by atoms with Crippen molar-refractivity contribution in [2.45, 2.75) is 6.92 Å². The maximum Gasteiger partial charge on any atom is 0.264 e. The number of para-hydroxylation sites is 2. The van der Waals surface area contributed by atoms with Crippen LogP contribution in [0.15, 0.2) is 52.4 Å². The summed E-state index contributed by atoms with van der Waals surface area (Å²) >= 11 is 1.27. The molecule has 0 spiro atoms. The Kier molecular flexibility index (Phi) is 6.03.